The van der Waals surface area contributed by atoms with Crippen LogP contribution in [0.25, 0.3) is 6.08 Å². The monoisotopic (exact) mass is 422 g/mol. The van der Waals surface area contributed by atoms with Crippen LogP contribution in [0.1, 0.15) is 37.7 Å². The summed E-state index contributed by atoms with van der Waals surface area (Å²) in [6.45, 7) is 2.18. The zero-order valence-corrected chi connectivity index (χ0v) is 16.7. The number of aromatic nitrogens is 1. The van der Waals surface area contributed by atoms with E-state index in [9.17, 15) is 4.79 Å². The number of nitrogens with one attached hydrogen (secondary N) is 2. The van der Waals surface area contributed by atoms with Crippen molar-refractivity contribution in [1.29, 1.82) is 0 Å². The average Bonchev–Trinajstić information content (AvgIpc) is 3.26. The van der Waals surface area contributed by atoms with Gasteiger partial charge in [-0.3, -0.25) is 14.9 Å². The molecular formula is C17H25Cl3N4O2. The third kappa shape index (κ3) is 5.99. The molecule has 0 spiro atoms. The Labute approximate surface area is 171 Å². The zero-order chi connectivity index (χ0) is 16.9. The molecule has 0 radical (unpaired) electrons. The summed E-state index contributed by atoms with van der Waals surface area (Å²) < 4.78 is 0. The highest BCUT2D eigenvalue weighted by atomic mass is 35.5. The molecule has 3 rings (SSSR count). The van der Waals surface area contributed by atoms with Gasteiger partial charge < -0.3 is 5.32 Å². The van der Waals surface area contributed by atoms with Crippen molar-refractivity contribution in [2.24, 2.45) is 0 Å². The summed E-state index contributed by atoms with van der Waals surface area (Å²) in [5.41, 5.74) is 2.24. The van der Waals surface area contributed by atoms with Crippen molar-refractivity contribution in [3.8, 4) is 0 Å². The SMILES string of the molecule is Cl.Cl.O=C(/C=C/c1cnc(N[C@@H]2CCN(C3CCCC3)C2)c(Cl)c1)NO. The Balaban J connectivity index is 0.00000169. The molecule has 1 atom stereocenters. The van der Waals surface area contributed by atoms with Gasteiger partial charge in [0.1, 0.15) is 5.82 Å². The molecule has 26 heavy (non-hydrogen) atoms. The maximum atomic E-state index is 11.0. The van der Waals surface area contributed by atoms with Gasteiger partial charge in [-0.1, -0.05) is 24.4 Å². The molecule has 1 aliphatic carbocycles. The van der Waals surface area contributed by atoms with E-state index >= 15 is 0 Å². The van der Waals surface area contributed by atoms with Gasteiger partial charge in [-0.05, 0) is 37.0 Å². The fourth-order valence-corrected chi connectivity index (χ4v) is 3.79. The molecule has 1 aromatic heterocycles. The van der Waals surface area contributed by atoms with Crippen LogP contribution in [0, 0.1) is 0 Å². The number of amides is 1. The molecule has 3 N–H and O–H groups in total. The van der Waals surface area contributed by atoms with Gasteiger partial charge in [-0.2, -0.15) is 0 Å². The summed E-state index contributed by atoms with van der Waals surface area (Å²) in [5, 5.41) is 12.4. The summed E-state index contributed by atoms with van der Waals surface area (Å²) in [7, 11) is 0. The molecule has 0 unspecified atom stereocenters. The van der Waals surface area contributed by atoms with Crippen LogP contribution in [0.2, 0.25) is 5.02 Å². The average molecular weight is 424 g/mol. The number of halogens is 3. The van der Waals surface area contributed by atoms with Gasteiger partial charge in [0, 0.05) is 37.4 Å². The van der Waals surface area contributed by atoms with Crippen molar-refractivity contribution in [2.75, 3.05) is 18.4 Å². The Morgan fingerprint density at radius 3 is 2.69 bits per heavy atom. The van der Waals surface area contributed by atoms with Crippen LogP contribution in [0.15, 0.2) is 18.3 Å². The lowest BCUT2D eigenvalue weighted by Crippen LogP contribution is -2.33. The van der Waals surface area contributed by atoms with Gasteiger partial charge in [0.2, 0.25) is 0 Å². The lowest BCUT2D eigenvalue weighted by Gasteiger charge is -2.23. The number of anilines is 1. The highest BCUT2D eigenvalue weighted by molar-refractivity contribution is 6.33. The maximum absolute atomic E-state index is 11.0. The lowest BCUT2D eigenvalue weighted by atomic mass is 10.2. The van der Waals surface area contributed by atoms with Crippen molar-refractivity contribution in [1.82, 2.24) is 15.4 Å². The van der Waals surface area contributed by atoms with E-state index in [4.69, 9.17) is 16.8 Å². The van der Waals surface area contributed by atoms with Crippen molar-refractivity contribution in [3.63, 3.8) is 0 Å². The molecule has 1 amide bonds. The van der Waals surface area contributed by atoms with Crippen LogP contribution in [-0.4, -0.2) is 46.2 Å². The smallest absolute Gasteiger partial charge is 0.267 e. The number of carbonyl (C=O) groups excluding carboxylic acids is 1. The predicted octanol–water partition coefficient (Wildman–Crippen LogP) is 3.53. The third-order valence-corrected chi connectivity index (χ3v) is 5.09. The summed E-state index contributed by atoms with van der Waals surface area (Å²) in [4.78, 5) is 17.9. The number of hydrogen-bond acceptors (Lipinski definition) is 5. The second-order valence-electron chi connectivity index (χ2n) is 6.47. The standard InChI is InChI=1S/C17H23ClN4O2.2ClH/c18-15-9-12(5-6-16(23)21-24)10-19-17(15)20-13-7-8-22(11-13)14-3-1-2-4-14;;/h5-6,9-10,13-14,24H,1-4,7-8,11H2,(H,19,20)(H,21,23);2*1H/b6-5+;;/t13-;;/m1../s1. The Hall–Kier alpha value is -1.05. The van der Waals surface area contributed by atoms with Crippen LogP contribution in [0.4, 0.5) is 5.82 Å². The first-order valence-electron chi connectivity index (χ1n) is 8.44. The summed E-state index contributed by atoms with van der Waals surface area (Å²) in [5.74, 6) is 0.0879. The van der Waals surface area contributed by atoms with Crippen molar-refractivity contribution >= 4 is 54.2 Å². The number of carbonyl (C=O) groups is 1. The molecule has 6 nitrogen and oxygen atoms in total. The van der Waals surface area contributed by atoms with Gasteiger partial charge in [0.15, 0.2) is 0 Å². The molecule has 2 heterocycles. The molecule has 1 saturated carbocycles. The van der Waals surface area contributed by atoms with E-state index in [0.717, 1.165) is 25.6 Å². The van der Waals surface area contributed by atoms with Crippen molar-refractivity contribution in [3.05, 3.63) is 28.9 Å². The van der Waals surface area contributed by atoms with Crippen LogP contribution < -0.4 is 10.8 Å². The first kappa shape index (κ1) is 23.0. The molecule has 2 fully saturated rings. The number of hydroxylamine groups is 1. The number of nitrogens with zero attached hydrogens (tertiary/aromatic N) is 2. The largest absolute Gasteiger partial charge is 0.365 e. The predicted molar refractivity (Wildman–Crippen MR) is 109 cm³/mol. The molecule has 9 heteroatoms. The first-order chi connectivity index (χ1) is 11.7. The number of likely N-dealkylation sites (tertiary alicyclic amines) is 1. The van der Waals surface area contributed by atoms with Gasteiger partial charge in [0.05, 0.1) is 5.02 Å². The van der Waals surface area contributed by atoms with E-state index < -0.39 is 5.91 Å². The molecular weight excluding hydrogens is 399 g/mol. The van der Waals surface area contributed by atoms with Gasteiger partial charge in [0.25, 0.3) is 5.91 Å². The highest BCUT2D eigenvalue weighted by Crippen LogP contribution is 2.28. The Bertz CT molecular complexity index is 624. The molecule has 0 aromatic carbocycles. The van der Waals surface area contributed by atoms with Gasteiger partial charge in [-0.25, -0.2) is 10.5 Å². The maximum Gasteiger partial charge on any atom is 0.267 e. The minimum atomic E-state index is -0.591. The first-order valence-corrected chi connectivity index (χ1v) is 8.82. The summed E-state index contributed by atoms with van der Waals surface area (Å²) in [6, 6.07) is 2.88. The zero-order valence-electron chi connectivity index (χ0n) is 14.4. The quantitative estimate of drug-likeness (QED) is 0.384. The normalized spacial score (nSPS) is 20.6. The second kappa shape index (κ2) is 10.9. The fraction of sp³-hybridized carbons (Fsp3) is 0.529. The second-order valence-corrected chi connectivity index (χ2v) is 6.88. The van der Waals surface area contributed by atoms with Crippen molar-refractivity contribution in [2.45, 2.75) is 44.2 Å². The van der Waals surface area contributed by atoms with E-state index in [1.54, 1.807) is 23.8 Å². The van der Waals surface area contributed by atoms with E-state index in [0.29, 0.717) is 22.4 Å². The van der Waals surface area contributed by atoms with Gasteiger partial charge in [-0.15, -0.1) is 24.8 Å². The molecule has 2 aliphatic rings. The number of pyridine rings is 1. The van der Waals surface area contributed by atoms with E-state index in [-0.39, 0.29) is 24.8 Å². The van der Waals surface area contributed by atoms with Crippen LogP contribution in [-0.2, 0) is 4.79 Å². The molecule has 1 aromatic rings. The summed E-state index contributed by atoms with van der Waals surface area (Å²) in [6.07, 6.45) is 10.9. The number of rotatable bonds is 5. The van der Waals surface area contributed by atoms with E-state index in [1.807, 2.05) is 0 Å². The Morgan fingerprint density at radius 2 is 2.04 bits per heavy atom. The van der Waals surface area contributed by atoms with E-state index in [2.05, 4.69) is 15.2 Å². The molecule has 1 saturated heterocycles. The molecule has 146 valence electrons. The minimum Gasteiger partial charge on any atom is -0.365 e. The van der Waals surface area contributed by atoms with Crippen LogP contribution in [0.3, 0.4) is 0 Å². The lowest BCUT2D eigenvalue weighted by molar-refractivity contribution is -0.124. The van der Waals surface area contributed by atoms with Crippen LogP contribution in [0.5, 0.6) is 0 Å². The fourth-order valence-electron chi connectivity index (χ4n) is 3.56. The molecule has 0 bridgehead atoms. The topological polar surface area (TPSA) is 77.5 Å². The minimum absolute atomic E-state index is 0. The Kier molecular flexibility index (Phi) is 9.68. The highest BCUT2D eigenvalue weighted by Gasteiger charge is 2.30. The van der Waals surface area contributed by atoms with Gasteiger partial charge >= 0.3 is 0 Å². The third-order valence-electron chi connectivity index (χ3n) is 4.80. The number of hydrogen-bond donors (Lipinski definition) is 3. The summed E-state index contributed by atoms with van der Waals surface area (Å²) >= 11 is 6.30. The van der Waals surface area contributed by atoms with E-state index in [1.165, 1.54) is 31.8 Å². The van der Waals surface area contributed by atoms with Crippen molar-refractivity contribution < 1.29 is 10.0 Å². The van der Waals surface area contributed by atoms with Crippen LogP contribution >= 0.6 is 36.4 Å². The molecule has 1 aliphatic heterocycles. The Morgan fingerprint density at radius 1 is 1.31 bits per heavy atom.